The molecule has 1 aliphatic rings. The normalized spacial score (nSPS) is 16.9. The first-order valence-corrected chi connectivity index (χ1v) is 5.54. The van der Waals surface area contributed by atoms with E-state index in [2.05, 4.69) is 0 Å². The monoisotopic (exact) mass is 242 g/mol. The van der Waals surface area contributed by atoms with E-state index in [9.17, 15) is 9.18 Å². The second kappa shape index (κ2) is 4.42. The van der Waals surface area contributed by atoms with Gasteiger partial charge in [0, 0.05) is 0 Å². The van der Waals surface area contributed by atoms with Crippen molar-refractivity contribution in [3.8, 4) is 0 Å². The minimum Gasteiger partial charge on any atom is -0.469 e. The number of benzene rings is 1. The fourth-order valence-corrected chi connectivity index (χ4v) is 1.98. The van der Waals surface area contributed by atoms with Gasteiger partial charge in [0.1, 0.15) is 5.82 Å². The van der Waals surface area contributed by atoms with Gasteiger partial charge in [0.15, 0.2) is 0 Å². The molecule has 0 heterocycles. The van der Waals surface area contributed by atoms with Crippen molar-refractivity contribution in [3.63, 3.8) is 0 Å². The summed E-state index contributed by atoms with van der Waals surface area (Å²) in [5.74, 6) is -0.859. The molecule has 2 rings (SSSR count). The molecule has 0 radical (unpaired) electrons. The van der Waals surface area contributed by atoms with Gasteiger partial charge in [-0.05, 0) is 36.5 Å². The molecule has 0 bridgehead atoms. The Balaban J connectivity index is 2.31. The van der Waals surface area contributed by atoms with E-state index in [4.69, 9.17) is 16.3 Å². The highest BCUT2D eigenvalue weighted by molar-refractivity contribution is 6.30. The van der Waals surface area contributed by atoms with Gasteiger partial charge in [0.05, 0.1) is 18.1 Å². The number of hydrogen-bond donors (Lipinski definition) is 0. The molecule has 1 atom stereocenters. The van der Waals surface area contributed by atoms with E-state index in [1.165, 1.54) is 19.2 Å². The Morgan fingerprint density at radius 1 is 1.56 bits per heavy atom. The minimum atomic E-state index is -0.492. The second-order valence-corrected chi connectivity index (χ2v) is 4.42. The third-order valence-corrected chi connectivity index (χ3v) is 3.16. The van der Waals surface area contributed by atoms with E-state index < -0.39 is 5.82 Å². The summed E-state index contributed by atoms with van der Waals surface area (Å²) in [5.41, 5.74) is 0.649. The lowest BCUT2D eigenvalue weighted by molar-refractivity contribution is -0.143. The quantitative estimate of drug-likeness (QED) is 0.761. The molecule has 0 saturated heterocycles. The molecule has 1 aliphatic carbocycles. The largest absolute Gasteiger partial charge is 0.469 e. The average Bonchev–Trinajstić information content (AvgIpc) is 3.07. The van der Waals surface area contributed by atoms with Crippen molar-refractivity contribution >= 4 is 17.6 Å². The topological polar surface area (TPSA) is 26.3 Å². The van der Waals surface area contributed by atoms with Crippen molar-refractivity contribution in [3.05, 3.63) is 34.6 Å². The van der Waals surface area contributed by atoms with Gasteiger partial charge < -0.3 is 4.74 Å². The Morgan fingerprint density at radius 2 is 2.25 bits per heavy atom. The number of methoxy groups -OCH3 is 1. The van der Waals surface area contributed by atoms with E-state index in [-0.39, 0.29) is 22.8 Å². The Labute approximate surface area is 98.4 Å². The zero-order chi connectivity index (χ0) is 11.7. The van der Waals surface area contributed by atoms with Crippen LogP contribution in [0.4, 0.5) is 4.39 Å². The van der Waals surface area contributed by atoms with Crippen LogP contribution in [0.3, 0.4) is 0 Å². The van der Waals surface area contributed by atoms with Crippen molar-refractivity contribution in [2.75, 3.05) is 7.11 Å². The molecule has 2 nitrogen and oxygen atoms in total. The van der Waals surface area contributed by atoms with Crippen LogP contribution in [0.1, 0.15) is 24.3 Å². The molecule has 0 aliphatic heterocycles. The van der Waals surface area contributed by atoms with Crippen LogP contribution in [0.15, 0.2) is 18.2 Å². The molecule has 1 aromatic rings. The van der Waals surface area contributed by atoms with E-state index in [1.54, 1.807) is 6.07 Å². The van der Waals surface area contributed by atoms with E-state index >= 15 is 0 Å². The maximum absolute atomic E-state index is 13.3. The van der Waals surface area contributed by atoms with Crippen LogP contribution in [-0.2, 0) is 9.53 Å². The van der Waals surface area contributed by atoms with E-state index in [0.717, 1.165) is 12.8 Å². The van der Waals surface area contributed by atoms with Gasteiger partial charge in [-0.3, -0.25) is 4.79 Å². The van der Waals surface area contributed by atoms with Gasteiger partial charge in [-0.25, -0.2) is 4.39 Å². The maximum atomic E-state index is 13.3. The molecular formula is C12H12ClFO2. The lowest BCUT2D eigenvalue weighted by Gasteiger charge is -2.14. The highest BCUT2D eigenvalue weighted by Gasteiger charge is 2.38. The summed E-state index contributed by atoms with van der Waals surface area (Å²) in [6.07, 6.45) is 1.98. The summed E-state index contributed by atoms with van der Waals surface area (Å²) in [6.45, 7) is 0. The predicted molar refractivity (Wildman–Crippen MR) is 58.9 cm³/mol. The average molecular weight is 243 g/mol. The Morgan fingerprint density at radius 3 is 2.75 bits per heavy atom. The molecule has 16 heavy (non-hydrogen) atoms. The second-order valence-electron chi connectivity index (χ2n) is 4.01. The number of ether oxygens (including phenoxy) is 1. The number of hydrogen-bond acceptors (Lipinski definition) is 2. The number of halogens is 2. The van der Waals surface area contributed by atoms with Crippen molar-refractivity contribution in [2.24, 2.45) is 5.92 Å². The number of carbonyl (C=O) groups is 1. The number of carbonyl (C=O) groups excluding carboxylic acids is 1. The van der Waals surface area contributed by atoms with Gasteiger partial charge in [-0.15, -0.1) is 0 Å². The van der Waals surface area contributed by atoms with Crippen LogP contribution in [0.5, 0.6) is 0 Å². The molecule has 0 N–H and O–H groups in total. The molecule has 0 aromatic heterocycles. The predicted octanol–water partition coefficient (Wildman–Crippen LogP) is 3.15. The van der Waals surface area contributed by atoms with Crippen molar-refractivity contribution < 1.29 is 13.9 Å². The molecular weight excluding hydrogens is 231 g/mol. The molecule has 4 heteroatoms. The molecule has 86 valence electrons. The third-order valence-electron chi connectivity index (χ3n) is 2.85. The van der Waals surface area contributed by atoms with Gasteiger partial charge in [-0.2, -0.15) is 0 Å². The van der Waals surface area contributed by atoms with Gasteiger partial charge >= 0.3 is 5.97 Å². The Hall–Kier alpha value is -1.09. The first-order valence-electron chi connectivity index (χ1n) is 5.16. The third kappa shape index (κ3) is 2.19. The van der Waals surface area contributed by atoms with Crippen molar-refractivity contribution in [1.29, 1.82) is 0 Å². The van der Waals surface area contributed by atoms with Crippen molar-refractivity contribution in [1.82, 2.24) is 0 Å². The fourth-order valence-electron chi connectivity index (χ4n) is 1.86. The minimum absolute atomic E-state index is 0.0724. The first-order chi connectivity index (χ1) is 7.63. The van der Waals surface area contributed by atoms with Crippen LogP contribution in [0.2, 0.25) is 5.02 Å². The summed E-state index contributed by atoms with van der Waals surface area (Å²) >= 11 is 5.60. The van der Waals surface area contributed by atoms with Gasteiger partial charge in [0.25, 0.3) is 0 Å². The Bertz CT molecular complexity index is 415. The lowest BCUT2D eigenvalue weighted by atomic mass is 9.94. The summed E-state index contributed by atoms with van der Waals surface area (Å²) in [4.78, 5) is 11.6. The van der Waals surface area contributed by atoms with Crippen LogP contribution in [-0.4, -0.2) is 13.1 Å². The number of rotatable bonds is 3. The van der Waals surface area contributed by atoms with Crippen LogP contribution in [0.25, 0.3) is 0 Å². The first kappa shape index (κ1) is 11.4. The number of esters is 1. The van der Waals surface area contributed by atoms with Gasteiger partial charge in [-0.1, -0.05) is 17.7 Å². The highest BCUT2D eigenvalue weighted by Crippen LogP contribution is 2.43. The summed E-state index contributed by atoms with van der Waals surface area (Å²) in [7, 11) is 1.35. The van der Waals surface area contributed by atoms with Crippen LogP contribution >= 0.6 is 11.6 Å². The maximum Gasteiger partial charge on any atom is 0.313 e. The summed E-state index contributed by atoms with van der Waals surface area (Å²) in [5, 5.41) is 0.0724. The summed E-state index contributed by atoms with van der Waals surface area (Å²) in [6, 6.07) is 4.48. The fraction of sp³-hybridized carbons (Fsp3) is 0.417. The molecule has 1 fully saturated rings. The van der Waals surface area contributed by atoms with Crippen LogP contribution in [0, 0.1) is 11.7 Å². The van der Waals surface area contributed by atoms with E-state index in [1.807, 2.05) is 0 Å². The lowest BCUT2D eigenvalue weighted by Crippen LogP contribution is -2.16. The Kier molecular flexibility index (Phi) is 3.15. The molecule has 1 aromatic carbocycles. The SMILES string of the molecule is COC(=O)C(c1ccc(Cl)c(F)c1)C1CC1. The van der Waals surface area contributed by atoms with Gasteiger partial charge in [0.2, 0.25) is 0 Å². The molecule has 1 saturated carbocycles. The molecule has 0 spiro atoms. The summed E-state index contributed by atoms with van der Waals surface area (Å²) < 4.78 is 18.1. The standard InChI is InChI=1S/C12H12ClFO2/c1-16-12(15)11(7-2-3-7)8-4-5-9(13)10(14)6-8/h4-7,11H,2-3H2,1H3. The van der Waals surface area contributed by atoms with Crippen molar-refractivity contribution in [2.45, 2.75) is 18.8 Å². The van der Waals surface area contributed by atoms with Crippen LogP contribution < -0.4 is 0 Å². The molecule has 1 unspecified atom stereocenters. The zero-order valence-electron chi connectivity index (χ0n) is 8.87. The smallest absolute Gasteiger partial charge is 0.313 e. The highest BCUT2D eigenvalue weighted by atomic mass is 35.5. The molecule has 0 amide bonds. The zero-order valence-corrected chi connectivity index (χ0v) is 9.63. The van der Waals surface area contributed by atoms with E-state index in [0.29, 0.717) is 5.56 Å².